The van der Waals surface area contributed by atoms with Crippen LogP contribution < -0.4 is 20.1 Å². The number of ether oxygens (including phenoxy) is 2. The Labute approximate surface area is 196 Å². The fraction of sp³-hybridized carbons (Fsp3) is 0.360. The molecule has 2 aromatic carbocycles. The number of anilines is 2. The van der Waals surface area contributed by atoms with E-state index in [0.717, 1.165) is 37.0 Å². The van der Waals surface area contributed by atoms with Crippen LogP contribution in [-0.4, -0.2) is 29.5 Å². The average molecular weight is 473 g/mol. The van der Waals surface area contributed by atoms with Crippen LogP contribution in [0.25, 0.3) is 11.3 Å². The van der Waals surface area contributed by atoms with Crippen LogP contribution in [-0.2, 0) is 6.54 Å². The summed E-state index contributed by atoms with van der Waals surface area (Å²) in [6.45, 7) is 0.494. The topological polar surface area (TPSA) is 68.3 Å². The number of aromatic nitrogens is 2. The van der Waals surface area contributed by atoms with Gasteiger partial charge in [0.05, 0.1) is 12.8 Å². The Kier molecular flexibility index (Phi) is 7.40. The van der Waals surface area contributed by atoms with Crippen LogP contribution in [0.4, 0.5) is 24.9 Å². The highest BCUT2D eigenvalue weighted by Crippen LogP contribution is 2.29. The fourth-order valence-electron chi connectivity index (χ4n) is 4.01. The third-order valence-corrected chi connectivity index (χ3v) is 5.64. The van der Waals surface area contributed by atoms with Crippen LogP contribution in [0.5, 0.6) is 11.5 Å². The van der Waals surface area contributed by atoms with Gasteiger partial charge < -0.3 is 20.1 Å². The Hall–Kier alpha value is -3.49. The highest BCUT2D eigenvalue weighted by atomic mass is 19.4. The first-order valence-electron chi connectivity index (χ1n) is 11.3. The Balaban J connectivity index is 1.60. The number of nitrogens with one attached hydrogen (secondary N) is 2. The number of halogens is 3. The van der Waals surface area contributed by atoms with E-state index >= 15 is 0 Å². The Bertz CT molecular complexity index is 1100. The zero-order valence-corrected chi connectivity index (χ0v) is 18.9. The maximum absolute atomic E-state index is 12.7. The van der Waals surface area contributed by atoms with Gasteiger partial charge in [0.15, 0.2) is 0 Å². The minimum Gasteiger partial charge on any atom is -0.497 e. The van der Waals surface area contributed by atoms with Crippen molar-refractivity contribution in [1.29, 1.82) is 0 Å². The van der Waals surface area contributed by atoms with E-state index in [1.807, 2.05) is 24.3 Å². The third-order valence-electron chi connectivity index (χ3n) is 5.64. The van der Waals surface area contributed by atoms with Crippen molar-refractivity contribution >= 4 is 11.8 Å². The summed E-state index contributed by atoms with van der Waals surface area (Å²) in [4.78, 5) is 9.22. The Morgan fingerprint density at radius 1 is 0.941 bits per heavy atom. The molecule has 0 radical (unpaired) electrons. The van der Waals surface area contributed by atoms with Crippen molar-refractivity contribution in [3.8, 4) is 22.8 Å². The molecule has 1 heterocycles. The standard InChI is InChI=1S/C25H27F3N4O2/c1-33-20-11-5-7-17(13-20)16-29-23-15-22(18-8-6-12-21(14-18)34-25(26,27)28)31-24(32-23)30-19-9-3-2-4-10-19/h5-8,11-15,19H,2-4,9-10,16H2,1H3,(H2,29,30,31,32). The molecule has 1 saturated carbocycles. The van der Waals surface area contributed by atoms with E-state index in [0.29, 0.717) is 29.6 Å². The third kappa shape index (κ3) is 6.76. The summed E-state index contributed by atoms with van der Waals surface area (Å²) in [5, 5.41) is 6.70. The molecule has 0 saturated heterocycles. The number of benzene rings is 2. The minimum absolute atomic E-state index is 0.273. The molecule has 2 N–H and O–H groups in total. The normalized spacial score (nSPS) is 14.5. The molecular formula is C25H27F3N4O2. The van der Waals surface area contributed by atoms with Crippen LogP contribution in [0.15, 0.2) is 54.6 Å². The lowest BCUT2D eigenvalue weighted by Crippen LogP contribution is -2.23. The molecule has 1 aliphatic carbocycles. The molecule has 1 aliphatic rings. The van der Waals surface area contributed by atoms with Crippen LogP contribution >= 0.6 is 0 Å². The quantitative estimate of drug-likeness (QED) is 0.395. The lowest BCUT2D eigenvalue weighted by atomic mass is 9.96. The van der Waals surface area contributed by atoms with Crippen molar-refractivity contribution in [2.75, 3.05) is 17.7 Å². The van der Waals surface area contributed by atoms with Gasteiger partial charge in [0.25, 0.3) is 0 Å². The molecule has 1 aromatic heterocycles. The average Bonchev–Trinajstić information content (AvgIpc) is 2.82. The molecule has 34 heavy (non-hydrogen) atoms. The first-order valence-corrected chi connectivity index (χ1v) is 11.3. The number of methoxy groups -OCH3 is 1. The smallest absolute Gasteiger partial charge is 0.497 e. The minimum atomic E-state index is -4.76. The molecule has 0 aliphatic heterocycles. The number of alkyl halides is 3. The molecule has 0 spiro atoms. The SMILES string of the molecule is COc1cccc(CNc2cc(-c3cccc(OC(F)(F)F)c3)nc(NC3CCCCC3)n2)c1. The van der Waals surface area contributed by atoms with E-state index < -0.39 is 6.36 Å². The van der Waals surface area contributed by atoms with Crippen LogP contribution in [0, 0.1) is 0 Å². The monoisotopic (exact) mass is 472 g/mol. The summed E-state index contributed by atoms with van der Waals surface area (Å²) in [6.07, 6.45) is 0.828. The van der Waals surface area contributed by atoms with Gasteiger partial charge in [-0.25, -0.2) is 4.98 Å². The number of hydrogen-bond acceptors (Lipinski definition) is 6. The van der Waals surface area contributed by atoms with Gasteiger partial charge >= 0.3 is 6.36 Å². The molecule has 9 heteroatoms. The predicted molar refractivity (Wildman–Crippen MR) is 125 cm³/mol. The van der Waals surface area contributed by atoms with Gasteiger partial charge in [-0.2, -0.15) is 4.98 Å². The predicted octanol–water partition coefficient (Wildman–Crippen LogP) is 6.41. The maximum atomic E-state index is 12.7. The second-order valence-corrected chi connectivity index (χ2v) is 8.22. The van der Waals surface area contributed by atoms with Gasteiger partial charge in [-0.15, -0.1) is 13.2 Å². The summed E-state index contributed by atoms with van der Waals surface area (Å²) >= 11 is 0. The summed E-state index contributed by atoms with van der Waals surface area (Å²) < 4.78 is 47.5. The molecule has 0 unspecified atom stereocenters. The summed E-state index contributed by atoms with van der Waals surface area (Å²) in [5.74, 6) is 1.47. The molecule has 4 rings (SSSR count). The van der Waals surface area contributed by atoms with Gasteiger partial charge in [-0.3, -0.25) is 0 Å². The number of rotatable bonds is 8. The number of hydrogen-bond donors (Lipinski definition) is 2. The molecule has 3 aromatic rings. The van der Waals surface area contributed by atoms with Crippen molar-refractivity contribution in [2.24, 2.45) is 0 Å². The molecule has 1 fully saturated rings. The summed E-state index contributed by atoms with van der Waals surface area (Å²) in [5.41, 5.74) is 2.00. The van der Waals surface area contributed by atoms with Crippen LogP contribution in [0.1, 0.15) is 37.7 Å². The lowest BCUT2D eigenvalue weighted by Gasteiger charge is -2.23. The molecule has 0 amide bonds. The molecule has 0 bridgehead atoms. The Morgan fingerprint density at radius 2 is 1.71 bits per heavy atom. The van der Waals surface area contributed by atoms with Crippen molar-refractivity contribution in [1.82, 2.24) is 9.97 Å². The highest BCUT2D eigenvalue weighted by Gasteiger charge is 2.31. The van der Waals surface area contributed by atoms with Crippen LogP contribution in [0.2, 0.25) is 0 Å². The van der Waals surface area contributed by atoms with Crippen LogP contribution in [0.3, 0.4) is 0 Å². The zero-order valence-electron chi connectivity index (χ0n) is 18.9. The molecule has 0 atom stereocenters. The Morgan fingerprint density at radius 3 is 2.47 bits per heavy atom. The van der Waals surface area contributed by atoms with E-state index in [4.69, 9.17) is 4.74 Å². The first kappa shape index (κ1) is 23.7. The second-order valence-electron chi connectivity index (χ2n) is 8.22. The lowest BCUT2D eigenvalue weighted by molar-refractivity contribution is -0.274. The van der Waals surface area contributed by atoms with Crippen molar-refractivity contribution < 1.29 is 22.6 Å². The second kappa shape index (κ2) is 10.6. The van der Waals surface area contributed by atoms with Gasteiger partial charge in [0.2, 0.25) is 5.95 Å². The highest BCUT2D eigenvalue weighted by molar-refractivity contribution is 5.66. The van der Waals surface area contributed by atoms with Gasteiger partial charge in [-0.05, 0) is 42.7 Å². The van der Waals surface area contributed by atoms with Gasteiger partial charge in [0.1, 0.15) is 17.3 Å². The van der Waals surface area contributed by atoms with E-state index in [9.17, 15) is 13.2 Å². The molecule has 6 nitrogen and oxygen atoms in total. The van der Waals surface area contributed by atoms with E-state index in [1.54, 1.807) is 19.2 Å². The van der Waals surface area contributed by atoms with Crippen molar-refractivity contribution in [2.45, 2.75) is 51.1 Å². The van der Waals surface area contributed by atoms with Gasteiger partial charge in [0, 0.05) is 24.2 Å². The summed E-state index contributed by atoms with van der Waals surface area (Å²) in [7, 11) is 1.61. The number of nitrogens with zero attached hydrogens (tertiary/aromatic N) is 2. The molecular weight excluding hydrogens is 445 g/mol. The molecule has 180 valence electrons. The van der Waals surface area contributed by atoms with Gasteiger partial charge in [-0.1, -0.05) is 43.5 Å². The maximum Gasteiger partial charge on any atom is 0.573 e. The van der Waals surface area contributed by atoms with E-state index in [1.165, 1.54) is 24.6 Å². The first-order chi connectivity index (χ1) is 16.4. The zero-order chi connectivity index (χ0) is 24.0. The fourth-order valence-corrected chi connectivity index (χ4v) is 4.01. The van der Waals surface area contributed by atoms with E-state index in [-0.39, 0.29) is 11.8 Å². The van der Waals surface area contributed by atoms with Crippen molar-refractivity contribution in [3.05, 3.63) is 60.2 Å². The van der Waals surface area contributed by atoms with E-state index in [2.05, 4.69) is 25.3 Å². The largest absolute Gasteiger partial charge is 0.573 e. The van der Waals surface area contributed by atoms with Crippen molar-refractivity contribution in [3.63, 3.8) is 0 Å². The summed E-state index contributed by atoms with van der Waals surface area (Å²) in [6, 6.07) is 15.5.